The van der Waals surface area contributed by atoms with Crippen molar-refractivity contribution in [2.45, 2.75) is 30.6 Å². The molecule has 2 saturated heterocycles. The minimum absolute atomic E-state index is 0.0977. The molecule has 24 heavy (non-hydrogen) atoms. The zero-order valence-corrected chi connectivity index (χ0v) is 14.6. The quantitative estimate of drug-likeness (QED) is 0.757. The van der Waals surface area contributed by atoms with Crippen LogP contribution >= 0.6 is 0 Å². The summed E-state index contributed by atoms with van der Waals surface area (Å²) in [5.41, 5.74) is 0.431. The Morgan fingerprint density at radius 2 is 2.17 bits per heavy atom. The topological polar surface area (TPSA) is 75.7 Å². The number of ether oxygens (including phenoxy) is 1. The first-order valence-corrected chi connectivity index (χ1v) is 10.0. The molecule has 0 aliphatic carbocycles. The van der Waals surface area contributed by atoms with Crippen molar-refractivity contribution >= 4 is 15.9 Å². The average molecular weight is 352 g/mol. The number of carbonyl (C=O) groups is 1. The van der Waals surface area contributed by atoms with Gasteiger partial charge in [0.05, 0.1) is 4.90 Å². The van der Waals surface area contributed by atoms with Crippen molar-refractivity contribution in [2.24, 2.45) is 5.92 Å². The van der Waals surface area contributed by atoms with Crippen molar-refractivity contribution in [3.05, 3.63) is 29.8 Å². The first kappa shape index (κ1) is 17.4. The van der Waals surface area contributed by atoms with Crippen LogP contribution in [0.5, 0.6) is 0 Å². The third-order valence-electron chi connectivity index (χ3n) is 4.64. The van der Waals surface area contributed by atoms with Crippen LogP contribution in [-0.4, -0.2) is 52.1 Å². The average Bonchev–Trinajstić information content (AvgIpc) is 3.03. The number of hydrogen-bond donors (Lipinski definition) is 1. The molecule has 1 aromatic carbocycles. The van der Waals surface area contributed by atoms with Crippen LogP contribution in [0.1, 0.15) is 36.0 Å². The van der Waals surface area contributed by atoms with Crippen LogP contribution in [-0.2, 0) is 14.8 Å². The summed E-state index contributed by atoms with van der Waals surface area (Å²) < 4.78 is 32.7. The van der Waals surface area contributed by atoms with Crippen molar-refractivity contribution in [3.63, 3.8) is 0 Å². The van der Waals surface area contributed by atoms with Gasteiger partial charge >= 0.3 is 0 Å². The highest BCUT2D eigenvalue weighted by Gasteiger charge is 2.23. The number of hydrogen-bond acceptors (Lipinski definition) is 4. The van der Waals surface area contributed by atoms with E-state index in [0.29, 0.717) is 18.0 Å². The molecule has 3 rings (SSSR count). The van der Waals surface area contributed by atoms with Crippen molar-refractivity contribution in [2.75, 3.05) is 32.8 Å². The lowest BCUT2D eigenvalue weighted by Gasteiger charge is -2.31. The zero-order chi connectivity index (χ0) is 17.0. The molecule has 0 saturated carbocycles. The third-order valence-corrected chi connectivity index (χ3v) is 6.10. The standard InChI is InChI=1S/C17H24N2O4S/c20-17(19-9-3-10-19)15-5-1-6-16(12-15)24(21,22)18-8-2-4-14-7-11-23-13-14/h1,5-6,12,14,18H,2-4,7-11,13H2/t14-/m1/s1. The molecule has 132 valence electrons. The number of likely N-dealkylation sites (tertiary alicyclic amines) is 1. The number of benzene rings is 1. The summed E-state index contributed by atoms with van der Waals surface area (Å²) in [6.45, 7) is 3.50. The van der Waals surface area contributed by atoms with E-state index in [2.05, 4.69) is 4.72 Å². The number of amides is 1. The van der Waals surface area contributed by atoms with Gasteiger partial charge < -0.3 is 9.64 Å². The summed E-state index contributed by atoms with van der Waals surface area (Å²) in [6.07, 6.45) is 3.83. The zero-order valence-electron chi connectivity index (χ0n) is 13.7. The summed E-state index contributed by atoms with van der Waals surface area (Å²) in [7, 11) is -3.58. The van der Waals surface area contributed by atoms with E-state index in [1.54, 1.807) is 17.0 Å². The molecule has 6 nitrogen and oxygen atoms in total. The van der Waals surface area contributed by atoms with Crippen LogP contribution < -0.4 is 4.72 Å². The Labute approximate surface area is 143 Å². The number of nitrogens with zero attached hydrogens (tertiary/aromatic N) is 1. The van der Waals surface area contributed by atoms with Crippen LogP contribution in [0.4, 0.5) is 0 Å². The Bertz CT molecular complexity index is 680. The molecule has 2 aliphatic heterocycles. The molecule has 0 radical (unpaired) electrons. The number of sulfonamides is 1. The second-order valence-corrected chi connectivity index (χ2v) is 8.21. The maximum absolute atomic E-state index is 12.4. The molecule has 0 aromatic heterocycles. The van der Waals surface area contributed by atoms with Gasteiger partial charge in [-0.1, -0.05) is 6.07 Å². The van der Waals surface area contributed by atoms with Crippen LogP contribution in [0.2, 0.25) is 0 Å². The molecule has 1 amide bonds. The van der Waals surface area contributed by atoms with Gasteiger partial charge in [-0.3, -0.25) is 4.79 Å². The van der Waals surface area contributed by atoms with E-state index in [1.165, 1.54) is 12.1 Å². The van der Waals surface area contributed by atoms with Gasteiger partial charge in [-0.2, -0.15) is 0 Å². The normalized spacial score (nSPS) is 20.8. The Kier molecular flexibility index (Phi) is 5.53. The minimum Gasteiger partial charge on any atom is -0.381 e. The Morgan fingerprint density at radius 1 is 1.33 bits per heavy atom. The molecule has 1 atom stereocenters. The molecule has 0 bridgehead atoms. The van der Waals surface area contributed by atoms with Gasteiger partial charge in [0.2, 0.25) is 10.0 Å². The molecule has 2 fully saturated rings. The van der Waals surface area contributed by atoms with E-state index in [4.69, 9.17) is 4.74 Å². The van der Waals surface area contributed by atoms with Gasteiger partial charge in [0.25, 0.3) is 5.91 Å². The fourth-order valence-electron chi connectivity index (χ4n) is 2.99. The lowest BCUT2D eigenvalue weighted by atomic mass is 10.0. The molecular formula is C17H24N2O4S. The highest BCUT2D eigenvalue weighted by molar-refractivity contribution is 7.89. The fourth-order valence-corrected chi connectivity index (χ4v) is 4.11. The molecular weight excluding hydrogens is 328 g/mol. The Balaban J connectivity index is 1.56. The highest BCUT2D eigenvalue weighted by atomic mass is 32.2. The SMILES string of the molecule is O=C(c1cccc(S(=O)(=O)NCCC[C@@H]2CCOC2)c1)N1CCC1. The van der Waals surface area contributed by atoms with E-state index >= 15 is 0 Å². The molecule has 7 heteroatoms. The minimum atomic E-state index is -3.58. The third kappa shape index (κ3) is 4.15. The van der Waals surface area contributed by atoms with E-state index in [-0.39, 0.29) is 10.8 Å². The number of rotatable bonds is 7. The van der Waals surface area contributed by atoms with Gasteiger partial charge in [0.15, 0.2) is 0 Å². The van der Waals surface area contributed by atoms with E-state index in [0.717, 1.165) is 52.0 Å². The van der Waals surface area contributed by atoms with E-state index in [1.807, 2.05) is 0 Å². The maximum Gasteiger partial charge on any atom is 0.253 e. The first-order valence-electron chi connectivity index (χ1n) is 8.53. The highest BCUT2D eigenvalue weighted by Crippen LogP contribution is 2.19. The first-order chi connectivity index (χ1) is 11.6. The molecule has 1 aromatic rings. The lowest BCUT2D eigenvalue weighted by Crippen LogP contribution is -2.42. The Morgan fingerprint density at radius 3 is 2.83 bits per heavy atom. The maximum atomic E-state index is 12.4. The predicted molar refractivity (Wildman–Crippen MR) is 90.3 cm³/mol. The number of carbonyl (C=O) groups excluding carboxylic acids is 1. The summed E-state index contributed by atoms with van der Waals surface area (Å²) in [5.74, 6) is 0.450. The van der Waals surface area contributed by atoms with Gasteiger partial charge in [-0.15, -0.1) is 0 Å². The van der Waals surface area contributed by atoms with Gasteiger partial charge in [0.1, 0.15) is 0 Å². The Hall–Kier alpha value is -1.44. The second kappa shape index (κ2) is 7.63. The smallest absolute Gasteiger partial charge is 0.253 e. The molecule has 2 aliphatic rings. The van der Waals surface area contributed by atoms with Gasteiger partial charge in [-0.05, 0) is 49.8 Å². The van der Waals surface area contributed by atoms with E-state index < -0.39 is 10.0 Å². The number of nitrogens with one attached hydrogen (secondary N) is 1. The van der Waals surface area contributed by atoms with Crippen molar-refractivity contribution < 1.29 is 17.9 Å². The van der Waals surface area contributed by atoms with E-state index in [9.17, 15) is 13.2 Å². The summed E-state index contributed by atoms with van der Waals surface area (Å²) >= 11 is 0. The molecule has 2 heterocycles. The van der Waals surface area contributed by atoms with Crippen LogP contribution in [0.15, 0.2) is 29.2 Å². The van der Waals surface area contributed by atoms with Gasteiger partial charge in [0, 0.05) is 38.4 Å². The van der Waals surface area contributed by atoms with Crippen LogP contribution in [0, 0.1) is 5.92 Å². The van der Waals surface area contributed by atoms with Crippen LogP contribution in [0.25, 0.3) is 0 Å². The monoisotopic (exact) mass is 352 g/mol. The largest absolute Gasteiger partial charge is 0.381 e. The molecule has 0 spiro atoms. The molecule has 0 unspecified atom stereocenters. The lowest BCUT2D eigenvalue weighted by molar-refractivity contribution is 0.0651. The van der Waals surface area contributed by atoms with Crippen molar-refractivity contribution in [3.8, 4) is 0 Å². The van der Waals surface area contributed by atoms with Crippen molar-refractivity contribution in [1.82, 2.24) is 9.62 Å². The van der Waals surface area contributed by atoms with Gasteiger partial charge in [-0.25, -0.2) is 13.1 Å². The summed E-state index contributed by atoms with van der Waals surface area (Å²) in [4.78, 5) is 14.1. The predicted octanol–water partition coefficient (Wildman–Crippen LogP) is 1.63. The fraction of sp³-hybridized carbons (Fsp3) is 0.588. The molecule has 1 N–H and O–H groups in total. The van der Waals surface area contributed by atoms with Crippen LogP contribution in [0.3, 0.4) is 0 Å². The van der Waals surface area contributed by atoms with Crippen molar-refractivity contribution in [1.29, 1.82) is 0 Å². The second-order valence-electron chi connectivity index (χ2n) is 6.44. The summed E-state index contributed by atoms with van der Waals surface area (Å²) in [5, 5.41) is 0. The summed E-state index contributed by atoms with van der Waals surface area (Å²) in [6, 6.07) is 6.28.